The van der Waals surface area contributed by atoms with Crippen molar-refractivity contribution in [2.45, 2.75) is 32.7 Å². The molecule has 0 aromatic carbocycles. The van der Waals surface area contributed by atoms with E-state index in [0.717, 1.165) is 0 Å². The maximum atomic E-state index is 9.16. The van der Waals surface area contributed by atoms with Gasteiger partial charge < -0.3 is 9.73 Å². The number of rotatable bonds is 7. The molecule has 0 aromatic heterocycles. The molecule has 0 amide bonds. The Kier molecular flexibility index (Phi) is 7.92. The molecule has 0 spiro atoms. The topological polar surface area (TPSA) is 45.4 Å². The summed E-state index contributed by atoms with van der Waals surface area (Å²) in [6, 6.07) is 2.34. The summed E-state index contributed by atoms with van der Waals surface area (Å²) in [5, 5.41) is 9.16. The summed E-state index contributed by atoms with van der Waals surface area (Å²) in [6.07, 6.45) is 3.00. The first-order chi connectivity index (χ1) is 7.60. The molecule has 0 aliphatic carbocycles. The van der Waals surface area contributed by atoms with Crippen LogP contribution in [-0.2, 0) is 4.74 Å². The van der Waals surface area contributed by atoms with E-state index in [-0.39, 0.29) is 17.9 Å². The van der Waals surface area contributed by atoms with Crippen LogP contribution in [0.2, 0.25) is 6.32 Å². The van der Waals surface area contributed by atoms with Crippen LogP contribution in [0.5, 0.6) is 0 Å². The lowest BCUT2D eigenvalue weighted by molar-refractivity contribution is 0.0930. The molecule has 0 aliphatic heterocycles. The number of ether oxygens (including phenoxy) is 1. The molecule has 0 N–H and O–H groups in total. The number of hydrogen-bond donors (Lipinski definition) is 0. The van der Waals surface area contributed by atoms with Crippen LogP contribution in [0.3, 0.4) is 0 Å². The third-order valence-electron chi connectivity index (χ3n) is 3.13. The maximum absolute atomic E-state index is 9.16. The molecule has 88 valence electrons. The molecule has 3 unspecified atom stereocenters. The SMILES string of the molecule is [B]CC(CC(C#N)C(C)[C@H](C)C=NC)OC. The van der Waals surface area contributed by atoms with Crippen LogP contribution in [0.15, 0.2) is 4.99 Å². The van der Waals surface area contributed by atoms with Gasteiger partial charge in [-0.1, -0.05) is 20.2 Å². The molecular weight excluding hydrogens is 199 g/mol. The molecule has 0 heterocycles. The Balaban J connectivity index is 4.43. The third-order valence-corrected chi connectivity index (χ3v) is 3.13. The van der Waals surface area contributed by atoms with E-state index < -0.39 is 0 Å². The van der Waals surface area contributed by atoms with Crippen molar-refractivity contribution in [2.24, 2.45) is 22.7 Å². The first-order valence-corrected chi connectivity index (χ1v) is 5.65. The third kappa shape index (κ3) is 4.80. The monoisotopic (exact) mass is 220 g/mol. The average molecular weight is 220 g/mol. The largest absolute Gasteiger partial charge is 0.382 e. The molecule has 0 fully saturated rings. The van der Waals surface area contributed by atoms with Gasteiger partial charge in [0.2, 0.25) is 0 Å². The van der Waals surface area contributed by atoms with E-state index in [2.05, 4.69) is 24.9 Å². The molecule has 4 heteroatoms. The van der Waals surface area contributed by atoms with Gasteiger partial charge in [0.15, 0.2) is 0 Å². The normalized spacial score (nSPS) is 18.9. The van der Waals surface area contributed by atoms with Gasteiger partial charge in [-0.3, -0.25) is 0 Å². The van der Waals surface area contributed by atoms with E-state index in [9.17, 15) is 0 Å². The predicted molar refractivity (Wildman–Crippen MR) is 67.8 cm³/mol. The molecule has 4 atom stereocenters. The standard InChI is InChI=1S/C12H21BN2O/c1-9(8-15-3)10(2)11(7-14)5-12(6-13)16-4/h8-12H,5-6H2,1-4H3/t9-,10?,11?,12?/m1/s1. The van der Waals surface area contributed by atoms with E-state index in [0.29, 0.717) is 18.7 Å². The molecule has 0 saturated carbocycles. The lowest BCUT2D eigenvalue weighted by Gasteiger charge is -2.24. The summed E-state index contributed by atoms with van der Waals surface area (Å²) >= 11 is 0. The average Bonchev–Trinajstić information content (AvgIpc) is 2.30. The zero-order valence-electron chi connectivity index (χ0n) is 10.7. The molecule has 0 aliphatic rings. The van der Waals surface area contributed by atoms with Crippen LogP contribution >= 0.6 is 0 Å². The second-order valence-corrected chi connectivity index (χ2v) is 4.19. The highest BCUT2D eigenvalue weighted by atomic mass is 16.5. The highest BCUT2D eigenvalue weighted by molar-refractivity contribution is 6.08. The molecule has 16 heavy (non-hydrogen) atoms. The molecule has 2 radical (unpaired) electrons. The van der Waals surface area contributed by atoms with Crippen molar-refractivity contribution in [1.29, 1.82) is 5.26 Å². The van der Waals surface area contributed by atoms with Gasteiger partial charge in [0.05, 0.1) is 25.9 Å². The van der Waals surface area contributed by atoms with E-state index >= 15 is 0 Å². The quantitative estimate of drug-likeness (QED) is 0.487. The fourth-order valence-corrected chi connectivity index (χ4v) is 1.69. The van der Waals surface area contributed by atoms with Crippen LogP contribution in [0.25, 0.3) is 0 Å². The summed E-state index contributed by atoms with van der Waals surface area (Å²) < 4.78 is 5.21. The summed E-state index contributed by atoms with van der Waals surface area (Å²) in [4.78, 5) is 4.00. The summed E-state index contributed by atoms with van der Waals surface area (Å²) in [5.74, 6) is 0.518. The van der Waals surface area contributed by atoms with Crippen molar-refractivity contribution in [3.05, 3.63) is 0 Å². The fourth-order valence-electron chi connectivity index (χ4n) is 1.69. The number of aliphatic imine (C=N–C) groups is 1. The molecular formula is C12H21BN2O. The van der Waals surface area contributed by atoms with Crippen molar-refractivity contribution >= 4 is 14.1 Å². The zero-order valence-corrected chi connectivity index (χ0v) is 10.7. The molecule has 0 saturated heterocycles. The number of methoxy groups -OCH3 is 1. The van der Waals surface area contributed by atoms with Crippen molar-refractivity contribution < 1.29 is 4.74 Å². The zero-order chi connectivity index (χ0) is 12.6. The first-order valence-electron chi connectivity index (χ1n) is 5.65. The Morgan fingerprint density at radius 1 is 1.50 bits per heavy atom. The van der Waals surface area contributed by atoms with Gasteiger partial charge in [-0.2, -0.15) is 5.26 Å². The van der Waals surface area contributed by atoms with E-state index in [1.807, 2.05) is 6.21 Å². The first kappa shape index (κ1) is 15.2. The number of nitriles is 1. The number of nitrogens with zero attached hydrogens (tertiary/aromatic N) is 2. The van der Waals surface area contributed by atoms with Gasteiger partial charge in [-0.05, 0) is 18.3 Å². The predicted octanol–water partition coefficient (Wildman–Crippen LogP) is 2.09. The van der Waals surface area contributed by atoms with Gasteiger partial charge in [-0.25, -0.2) is 0 Å². The van der Waals surface area contributed by atoms with E-state index in [1.54, 1.807) is 14.2 Å². The second-order valence-electron chi connectivity index (χ2n) is 4.19. The lowest BCUT2D eigenvalue weighted by atomic mass is 9.80. The van der Waals surface area contributed by atoms with Gasteiger partial charge in [-0.15, -0.1) is 0 Å². The minimum Gasteiger partial charge on any atom is -0.382 e. The Labute approximate surface area is 100 Å². The van der Waals surface area contributed by atoms with Crippen molar-refractivity contribution in [1.82, 2.24) is 0 Å². The smallest absolute Gasteiger partial charge is 0.0688 e. The summed E-state index contributed by atoms with van der Waals surface area (Å²) in [7, 11) is 8.95. The number of hydrogen-bond acceptors (Lipinski definition) is 3. The van der Waals surface area contributed by atoms with Crippen LogP contribution in [0.1, 0.15) is 20.3 Å². The molecule has 0 aromatic rings. The summed E-state index contributed by atoms with van der Waals surface area (Å²) in [6.45, 7) is 4.15. The highest BCUT2D eigenvalue weighted by Crippen LogP contribution is 2.25. The molecule has 3 nitrogen and oxygen atoms in total. The second kappa shape index (κ2) is 8.35. The van der Waals surface area contributed by atoms with Gasteiger partial charge in [0, 0.05) is 20.4 Å². The van der Waals surface area contributed by atoms with E-state index in [4.69, 9.17) is 17.8 Å². The summed E-state index contributed by atoms with van der Waals surface area (Å²) in [5.41, 5.74) is 0. The van der Waals surface area contributed by atoms with Gasteiger partial charge in [0.25, 0.3) is 0 Å². The highest BCUT2D eigenvalue weighted by Gasteiger charge is 2.24. The van der Waals surface area contributed by atoms with Crippen molar-refractivity contribution in [2.75, 3.05) is 14.2 Å². The Bertz CT molecular complexity index is 246. The van der Waals surface area contributed by atoms with Crippen LogP contribution in [0, 0.1) is 29.1 Å². The van der Waals surface area contributed by atoms with Gasteiger partial charge in [0.1, 0.15) is 0 Å². The molecule has 0 rings (SSSR count). The Morgan fingerprint density at radius 2 is 2.12 bits per heavy atom. The maximum Gasteiger partial charge on any atom is 0.0688 e. The Morgan fingerprint density at radius 3 is 2.50 bits per heavy atom. The lowest BCUT2D eigenvalue weighted by Crippen LogP contribution is -2.24. The van der Waals surface area contributed by atoms with Crippen LogP contribution in [0.4, 0.5) is 0 Å². The van der Waals surface area contributed by atoms with Crippen molar-refractivity contribution in [3.8, 4) is 6.07 Å². The minimum absolute atomic E-state index is 0.0298. The molecule has 0 bridgehead atoms. The minimum atomic E-state index is -0.0403. The van der Waals surface area contributed by atoms with Crippen molar-refractivity contribution in [3.63, 3.8) is 0 Å². The van der Waals surface area contributed by atoms with Crippen LogP contribution < -0.4 is 0 Å². The Hall–Kier alpha value is -0.815. The van der Waals surface area contributed by atoms with Crippen LogP contribution in [-0.4, -0.2) is 34.3 Å². The van der Waals surface area contributed by atoms with E-state index in [1.165, 1.54) is 0 Å². The fraction of sp³-hybridized carbons (Fsp3) is 0.833. The van der Waals surface area contributed by atoms with Gasteiger partial charge >= 0.3 is 0 Å².